The highest BCUT2D eigenvalue weighted by Crippen LogP contribution is 2.20. The predicted molar refractivity (Wildman–Crippen MR) is 99.5 cm³/mol. The number of nitrogens with one attached hydrogen (secondary N) is 1. The number of carbonyl (C=O) groups excluding carboxylic acids is 2. The number of carbonyl (C=O) groups is 2. The van der Waals surface area contributed by atoms with E-state index in [0.29, 0.717) is 16.8 Å². The molecular weight excluding hydrogens is 387 g/mol. The lowest BCUT2D eigenvalue weighted by atomic mass is 10.0. The molecule has 2 aromatic heterocycles. The van der Waals surface area contributed by atoms with Gasteiger partial charge in [0.1, 0.15) is 5.78 Å². The Bertz CT molecular complexity index is 869. The minimum absolute atomic E-state index is 0.0200. The lowest BCUT2D eigenvalue weighted by molar-refractivity contribution is -0.154. The van der Waals surface area contributed by atoms with Gasteiger partial charge in [-0.2, -0.15) is 13.2 Å². The van der Waals surface area contributed by atoms with Crippen molar-refractivity contribution in [2.24, 2.45) is 5.92 Å². The molecular formula is C20H22F3N3O3. The van der Waals surface area contributed by atoms with Gasteiger partial charge in [-0.05, 0) is 30.7 Å². The molecule has 0 aliphatic rings. The average molecular weight is 409 g/mol. The minimum atomic E-state index is -4.46. The van der Waals surface area contributed by atoms with E-state index in [1.54, 1.807) is 32.9 Å². The third-order valence-corrected chi connectivity index (χ3v) is 4.07. The second-order valence-electron chi connectivity index (χ2n) is 6.86. The Hall–Kier alpha value is -2.97. The highest BCUT2D eigenvalue weighted by molar-refractivity contribution is 5.94. The molecule has 0 aliphatic heterocycles. The van der Waals surface area contributed by atoms with Crippen LogP contribution in [0.15, 0.2) is 36.7 Å². The third-order valence-electron chi connectivity index (χ3n) is 4.07. The van der Waals surface area contributed by atoms with Crippen molar-refractivity contribution in [2.45, 2.75) is 39.4 Å². The molecule has 0 aromatic carbocycles. The summed E-state index contributed by atoms with van der Waals surface area (Å²) < 4.78 is 41.5. The van der Waals surface area contributed by atoms with Gasteiger partial charge in [0.05, 0.1) is 6.04 Å². The van der Waals surface area contributed by atoms with Crippen molar-refractivity contribution in [3.8, 4) is 5.88 Å². The number of Topliss-reactive ketones (excluding diaryl/α,β-unsaturated/α-hetero) is 1. The summed E-state index contributed by atoms with van der Waals surface area (Å²) in [4.78, 5) is 32.3. The molecule has 1 N–H and O–H groups in total. The number of ether oxygens (including phenoxy) is 1. The molecule has 0 spiro atoms. The summed E-state index contributed by atoms with van der Waals surface area (Å²) in [5, 5.41) is 2.76. The quantitative estimate of drug-likeness (QED) is 0.719. The Kier molecular flexibility index (Phi) is 7.30. The van der Waals surface area contributed by atoms with Gasteiger partial charge in [-0.25, -0.2) is 4.98 Å². The van der Waals surface area contributed by atoms with Crippen LogP contribution in [0.5, 0.6) is 5.88 Å². The zero-order valence-electron chi connectivity index (χ0n) is 16.3. The minimum Gasteiger partial charge on any atom is -0.468 e. The van der Waals surface area contributed by atoms with Crippen LogP contribution < -0.4 is 10.1 Å². The maximum absolute atomic E-state index is 12.5. The van der Waals surface area contributed by atoms with E-state index in [0.717, 1.165) is 0 Å². The molecule has 9 heteroatoms. The Balaban J connectivity index is 2.04. The maximum Gasteiger partial charge on any atom is 0.422 e. The molecule has 6 nitrogen and oxygen atoms in total. The first-order valence-corrected chi connectivity index (χ1v) is 8.99. The third kappa shape index (κ3) is 7.17. The molecule has 1 atom stereocenters. The van der Waals surface area contributed by atoms with Gasteiger partial charge < -0.3 is 10.1 Å². The molecule has 0 radical (unpaired) electrons. The topological polar surface area (TPSA) is 81.2 Å². The summed E-state index contributed by atoms with van der Waals surface area (Å²) in [5.74, 6) is -0.687. The normalized spacial score (nSPS) is 12.5. The van der Waals surface area contributed by atoms with Crippen molar-refractivity contribution >= 4 is 11.7 Å². The molecule has 2 rings (SSSR count). The van der Waals surface area contributed by atoms with Gasteiger partial charge >= 0.3 is 6.18 Å². The van der Waals surface area contributed by atoms with E-state index in [1.165, 1.54) is 24.5 Å². The number of aromatic nitrogens is 2. The van der Waals surface area contributed by atoms with Crippen molar-refractivity contribution in [3.05, 3.63) is 53.5 Å². The number of hydrogen-bond acceptors (Lipinski definition) is 5. The second kappa shape index (κ2) is 9.49. The van der Waals surface area contributed by atoms with Crippen LogP contribution >= 0.6 is 0 Å². The lowest BCUT2D eigenvalue weighted by Gasteiger charge is -2.16. The number of alkyl halides is 3. The van der Waals surface area contributed by atoms with Crippen molar-refractivity contribution in [3.63, 3.8) is 0 Å². The first kappa shape index (κ1) is 22.3. The second-order valence-corrected chi connectivity index (χ2v) is 6.86. The van der Waals surface area contributed by atoms with Gasteiger partial charge in [0.2, 0.25) is 5.88 Å². The van der Waals surface area contributed by atoms with Crippen LogP contribution in [0.25, 0.3) is 0 Å². The average Bonchev–Trinajstić information content (AvgIpc) is 2.66. The van der Waals surface area contributed by atoms with Crippen molar-refractivity contribution in [1.29, 1.82) is 0 Å². The summed E-state index contributed by atoms with van der Waals surface area (Å²) in [6.07, 6.45) is -1.56. The number of pyridine rings is 2. The van der Waals surface area contributed by atoms with E-state index in [2.05, 4.69) is 20.0 Å². The smallest absolute Gasteiger partial charge is 0.422 e. The van der Waals surface area contributed by atoms with Crippen LogP contribution in [0, 0.1) is 5.92 Å². The molecule has 0 aliphatic carbocycles. The molecule has 1 amide bonds. The fourth-order valence-electron chi connectivity index (χ4n) is 2.39. The summed E-state index contributed by atoms with van der Waals surface area (Å²) in [6, 6.07) is 5.48. The van der Waals surface area contributed by atoms with Crippen LogP contribution in [0.3, 0.4) is 0 Å². The zero-order chi connectivity index (χ0) is 21.6. The van der Waals surface area contributed by atoms with Crippen LogP contribution in [0.2, 0.25) is 0 Å². The predicted octanol–water partition coefficient (Wildman–Crippen LogP) is 3.68. The summed E-state index contributed by atoms with van der Waals surface area (Å²) in [6.45, 7) is 3.83. The van der Waals surface area contributed by atoms with E-state index in [1.807, 2.05) is 0 Å². The van der Waals surface area contributed by atoms with E-state index in [4.69, 9.17) is 0 Å². The molecule has 156 valence electrons. The van der Waals surface area contributed by atoms with E-state index in [9.17, 15) is 22.8 Å². The Morgan fingerprint density at radius 2 is 1.79 bits per heavy atom. The van der Waals surface area contributed by atoms with Crippen LogP contribution in [-0.2, 0) is 11.2 Å². The van der Waals surface area contributed by atoms with E-state index in [-0.39, 0.29) is 24.0 Å². The van der Waals surface area contributed by atoms with Gasteiger partial charge in [0.25, 0.3) is 5.91 Å². The lowest BCUT2D eigenvalue weighted by Crippen LogP contribution is -2.27. The molecule has 0 saturated carbocycles. The van der Waals surface area contributed by atoms with Crippen molar-refractivity contribution in [1.82, 2.24) is 15.3 Å². The van der Waals surface area contributed by atoms with Gasteiger partial charge in [0, 0.05) is 42.1 Å². The van der Waals surface area contributed by atoms with Gasteiger partial charge in [-0.1, -0.05) is 13.8 Å². The first-order chi connectivity index (χ1) is 13.5. The molecule has 0 saturated heterocycles. The molecule has 0 bridgehead atoms. The van der Waals surface area contributed by atoms with E-state index >= 15 is 0 Å². The van der Waals surface area contributed by atoms with Gasteiger partial charge in [-0.3, -0.25) is 14.6 Å². The number of nitrogens with zero attached hydrogens (tertiary/aromatic N) is 2. The van der Waals surface area contributed by atoms with Gasteiger partial charge in [0.15, 0.2) is 6.61 Å². The molecule has 1 unspecified atom stereocenters. The summed E-state index contributed by atoms with van der Waals surface area (Å²) >= 11 is 0. The number of halogens is 3. The van der Waals surface area contributed by atoms with Crippen LogP contribution in [0.1, 0.15) is 48.4 Å². The number of ketones is 1. The number of amides is 1. The maximum atomic E-state index is 12.5. The highest BCUT2D eigenvalue weighted by atomic mass is 19.4. The fraction of sp³-hybridized carbons (Fsp3) is 0.400. The molecule has 29 heavy (non-hydrogen) atoms. The Morgan fingerprint density at radius 1 is 1.10 bits per heavy atom. The van der Waals surface area contributed by atoms with E-state index < -0.39 is 24.7 Å². The zero-order valence-corrected chi connectivity index (χ0v) is 16.3. The van der Waals surface area contributed by atoms with Crippen molar-refractivity contribution < 1.29 is 27.5 Å². The Morgan fingerprint density at radius 3 is 2.45 bits per heavy atom. The number of hydrogen-bond donors (Lipinski definition) is 1. The molecule has 0 fully saturated rings. The summed E-state index contributed by atoms with van der Waals surface area (Å²) in [7, 11) is 0. The first-order valence-electron chi connectivity index (χ1n) is 8.99. The largest absolute Gasteiger partial charge is 0.468 e. The monoisotopic (exact) mass is 409 g/mol. The fourth-order valence-corrected chi connectivity index (χ4v) is 2.39. The summed E-state index contributed by atoms with van der Waals surface area (Å²) in [5.41, 5.74) is 1.37. The highest BCUT2D eigenvalue weighted by Gasteiger charge is 2.28. The van der Waals surface area contributed by atoms with Crippen LogP contribution in [-0.4, -0.2) is 34.4 Å². The SMILES string of the molecule is CC(C)C(=O)Cc1cc(C(=O)NC(C)c2ccnc(OCC(F)(F)F)c2)ccn1. The number of rotatable bonds is 8. The standard InChI is InChI=1S/C20H22F3N3O3/c1-12(2)17(27)10-16-8-15(5-6-24-16)19(28)26-13(3)14-4-7-25-18(9-14)29-11-20(21,22)23/h4-9,12-13H,10-11H2,1-3H3,(H,26,28). The van der Waals surface area contributed by atoms with Gasteiger partial charge in [-0.15, -0.1) is 0 Å². The molecule has 2 heterocycles. The molecule has 2 aromatic rings. The van der Waals surface area contributed by atoms with Crippen molar-refractivity contribution in [2.75, 3.05) is 6.61 Å². The Labute approximate surface area is 166 Å². The van der Waals surface area contributed by atoms with Crippen LogP contribution in [0.4, 0.5) is 13.2 Å².